The van der Waals surface area contributed by atoms with Gasteiger partial charge in [0, 0.05) is 0 Å². The second-order valence-corrected chi connectivity index (χ2v) is 5.78. The van der Waals surface area contributed by atoms with E-state index in [1.165, 1.54) is 11.8 Å². The van der Waals surface area contributed by atoms with Crippen LogP contribution in [0.3, 0.4) is 0 Å². The molecule has 0 aliphatic carbocycles. The lowest BCUT2D eigenvalue weighted by Gasteiger charge is -2.17. The highest BCUT2D eigenvalue weighted by atomic mass is 32.2. The first-order chi connectivity index (χ1) is 10.2. The summed E-state index contributed by atoms with van der Waals surface area (Å²) in [5.41, 5.74) is 2.12. The summed E-state index contributed by atoms with van der Waals surface area (Å²) < 4.78 is 5.81. The fraction of sp³-hybridized carbons (Fsp3) is 0.125. The van der Waals surface area contributed by atoms with Crippen LogP contribution in [0.4, 0.5) is 0 Å². The monoisotopic (exact) mass is 299 g/mol. The van der Waals surface area contributed by atoms with Gasteiger partial charge in [0.2, 0.25) is 5.09 Å². The molecule has 0 bridgehead atoms. The first kappa shape index (κ1) is 13.7. The molecule has 0 unspecified atom stereocenters. The van der Waals surface area contributed by atoms with Crippen molar-refractivity contribution in [3.05, 3.63) is 93.2 Å². The van der Waals surface area contributed by atoms with Gasteiger partial charge in [-0.3, -0.25) is 10.1 Å². The average molecular weight is 299 g/mol. The molecule has 1 aliphatic rings. The predicted molar refractivity (Wildman–Crippen MR) is 82.1 cm³/mol. The number of ether oxygens (including phenoxy) is 1. The van der Waals surface area contributed by atoms with Crippen LogP contribution in [0, 0.1) is 10.1 Å². The Hall–Kier alpha value is -2.27. The summed E-state index contributed by atoms with van der Waals surface area (Å²) in [6.45, 7) is 0. The molecule has 0 radical (unpaired) electrons. The fourth-order valence-corrected chi connectivity index (χ4v) is 3.51. The minimum Gasteiger partial charge on any atom is -0.472 e. The number of nitrogens with zero attached hydrogens (tertiary/aromatic N) is 1. The van der Waals surface area contributed by atoms with Gasteiger partial charge in [0.25, 0.3) is 6.20 Å². The molecule has 1 fully saturated rings. The maximum atomic E-state index is 10.7. The van der Waals surface area contributed by atoms with Gasteiger partial charge in [0.05, 0.1) is 10.2 Å². The molecule has 2 atom stereocenters. The molecule has 0 spiro atoms. The Morgan fingerprint density at radius 2 is 1.57 bits per heavy atom. The molecule has 21 heavy (non-hydrogen) atoms. The number of nitro groups is 1. The molecule has 2 aromatic rings. The SMILES string of the molecule is O=[N+]([O-])/C=C1/O[C@H](c2ccccc2)[C@H](c2ccccc2)S1. The Labute approximate surface area is 126 Å². The summed E-state index contributed by atoms with van der Waals surface area (Å²) in [6, 6.07) is 19.7. The summed E-state index contributed by atoms with van der Waals surface area (Å²) in [5.74, 6) is 0. The lowest BCUT2D eigenvalue weighted by atomic mass is 10.0. The van der Waals surface area contributed by atoms with Crippen LogP contribution in [0.2, 0.25) is 0 Å². The normalized spacial score (nSPS) is 23.0. The van der Waals surface area contributed by atoms with E-state index in [4.69, 9.17) is 4.74 Å². The third-order valence-electron chi connectivity index (χ3n) is 3.23. The lowest BCUT2D eigenvalue weighted by Crippen LogP contribution is -2.04. The van der Waals surface area contributed by atoms with E-state index >= 15 is 0 Å². The maximum absolute atomic E-state index is 10.7. The average Bonchev–Trinajstić information content (AvgIpc) is 2.92. The van der Waals surface area contributed by atoms with E-state index < -0.39 is 4.92 Å². The van der Waals surface area contributed by atoms with Crippen LogP contribution in [-0.2, 0) is 4.74 Å². The summed E-state index contributed by atoms with van der Waals surface area (Å²) in [6.07, 6.45) is 0.716. The van der Waals surface area contributed by atoms with E-state index in [2.05, 4.69) is 0 Å². The van der Waals surface area contributed by atoms with Crippen LogP contribution in [0.25, 0.3) is 0 Å². The van der Waals surface area contributed by atoms with Crippen molar-refractivity contribution in [3.63, 3.8) is 0 Å². The van der Waals surface area contributed by atoms with E-state index in [1.54, 1.807) is 0 Å². The number of hydrogen-bond donors (Lipinski definition) is 0. The van der Waals surface area contributed by atoms with Crippen molar-refractivity contribution in [1.29, 1.82) is 0 Å². The largest absolute Gasteiger partial charge is 0.472 e. The molecule has 0 N–H and O–H groups in total. The van der Waals surface area contributed by atoms with Crippen LogP contribution < -0.4 is 0 Å². The number of thioether (sulfide) groups is 1. The third kappa shape index (κ3) is 3.08. The minimum atomic E-state index is -0.474. The van der Waals surface area contributed by atoms with Gasteiger partial charge in [0.15, 0.2) is 0 Å². The Balaban J connectivity index is 1.97. The van der Waals surface area contributed by atoms with Gasteiger partial charge >= 0.3 is 0 Å². The molecule has 1 saturated heterocycles. The van der Waals surface area contributed by atoms with Crippen molar-refractivity contribution >= 4 is 11.8 Å². The molecule has 1 aliphatic heterocycles. The minimum absolute atomic E-state index is 0.0137. The molecule has 0 amide bonds. The number of benzene rings is 2. The zero-order valence-electron chi connectivity index (χ0n) is 11.1. The third-order valence-corrected chi connectivity index (χ3v) is 4.44. The van der Waals surface area contributed by atoms with Crippen molar-refractivity contribution in [2.45, 2.75) is 11.4 Å². The summed E-state index contributed by atoms with van der Waals surface area (Å²) >= 11 is 1.39. The Bertz CT molecular complexity index is 608. The zero-order chi connectivity index (χ0) is 14.7. The second kappa shape index (κ2) is 6.01. The maximum Gasteiger partial charge on any atom is 0.282 e. The first-order valence-electron chi connectivity index (χ1n) is 6.52. The van der Waals surface area contributed by atoms with E-state index in [-0.39, 0.29) is 11.4 Å². The van der Waals surface area contributed by atoms with E-state index in [1.807, 2.05) is 60.7 Å². The van der Waals surface area contributed by atoms with Crippen LogP contribution in [0.15, 0.2) is 72.0 Å². The van der Waals surface area contributed by atoms with Gasteiger partial charge in [-0.05, 0) is 11.1 Å². The molecule has 1 heterocycles. The van der Waals surface area contributed by atoms with Crippen molar-refractivity contribution in [3.8, 4) is 0 Å². The summed E-state index contributed by atoms with van der Waals surface area (Å²) in [5, 5.41) is 11.0. The Morgan fingerprint density at radius 1 is 1.00 bits per heavy atom. The van der Waals surface area contributed by atoms with Crippen molar-refractivity contribution in [1.82, 2.24) is 0 Å². The first-order valence-corrected chi connectivity index (χ1v) is 7.40. The predicted octanol–water partition coefficient (Wildman–Crippen LogP) is 4.31. The molecule has 0 aromatic heterocycles. The van der Waals surface area contributed by atoms with Gasteiger partial charge in [0.1, 0.15) is 6.10 Å². The number of rotatable bonds is 3. The van der Waals surface area contributed by atoms with Gasteiger partial charge in [-0.1, -0.05) is 72.4 Å². The van der Waals surface area contributed by atoms with Crippen molar-refractivity contribution in [2.75, 3.05) is 0 Å². The van der Waals surface area contributed by atoms with Gasteiger partial charge < -0.3 is 4.74 Å². The molecular formula is C16H13NO3S. The summed E-state index contributed by atoms with van der Waals surface area (Å²) in [7, 11) is 0. The second-order valence-electron chi connectivity index (χ2n) is 4.63. The molecular weight excluding hydrogens is 286 g/mol. The Morgan fingerprint density at radius 3 is 2.14 bits per heavy atom. The quantitative estimate of drug-likeness (QED) is 0.626. The van der Waals surface area contributed by atoms with E-state index in [0.717, 1.165) is 17.3 Å². The smallest absolute Gasteiger partial charge is 0.282 e. The van der Waals surface area contributed by atoms with Crippen LogP contribution in [0.5, 0.6) is 0 Å². The summed E-state index contributed by atoms with van der Waals surface area (Å²) in [4.78, 5) is 10.2. The lowest BCUT2D eigenvalue weighted by molar-refractivity contribution is -0.404. The molecule has 5 heteroatoms. The Kier molecular flexibility index (Phi) is 3.92. The highest BCUT2D eigenvalue weighted by Crippen LogP contribution is 2.53. The van der Waals surface area contributed by atoms with Gasteiger partial charge in [-0.2, -0.15) is 0 Å². The molecule has 0 saturated carbocycles. The highest BCUT2D eigenvalue weighted by Gasteiger charge is 2.37. The van der Waals surface area contributed by atoms with Crippen molar-refractivity contribution in [2.24, 2.45) is 0 Å². The molecule has 4 nitrogen and oxygen atoms in total. The van der Waals surface area contributed by atoms with Gasteiger partial charge in [-0.15, -0.1) is 0 Å². The van der Waals surface area contributed by atoms with Crippen molar-refractivity contribution < 1.29 is 9.66 Å². The van der Waals surface area contributed by atoms with Crippen LogP contribution in [-0.4, -0.2) is 4.92 Å². The molecule has 3 rings (SSSR count). The molecule has 2 aromatic carbocycles. The van der Waals surface area contributed by atoms with Crippen LogP contribution in [0.1, 0.15) is 22.5 Å². The fourth-order valence-electron chi connectivity index (χ4n) is 2.32. The number of hydrogen-bond acceptors (Lipinski definition) is 4. The zero-order valence-corrected chi connectivity index (χ0v) is 11.9. The highest BCUT2D eigenvalue weighted by molar-refractivity contribution is 8.03. The van der Waals surface area contributed by atoms with E-state index in [9.17, 15) is 10.1 Å². The van der Waals surface area contributed by atoms with Gasteiger partial charge in [-0.25, -0.2) is 0 Å². The van der Waals surface area contributed by atoms with E-state index in [0.29, 0.717) is 5.09 Å². The topological polar surface area (TPSA) is 52.4 Å². The molecule has 106 valence electrons. The standard InChI is InChI=1S/C16H13NO3S/c18-17(19)11-14-20-15(12-7-3-1-4-8-12)16(21-14)13-9-5-2-6-10-13/h1-11,15-16H/b14-11-/t15-,16+/m1/s1. The van der Waals surface area contributed by atoms with Crippen LogP contribution >= 0.6 is 11.8 Å².